The summed E-state index contributed by atoms with van der Waals surface area (Å²) in [5.74, 6) is 0.817. The quantitative estimate of drug-likeness (QED) is 0.748. The van der Waals surface area contributed by atoms with Gasteiger partial charge in [0.1, 0.15) is 0 Å². The van der Waals surface area contributed by atoms with Crippen molar-refractivity contribution >= 4 is 0 Å². The Labute approximate surface area is 115 Å². The summed E-state index contributed by atoms with van der Waals surface area (Å²) in [6.07, 6.45) is 6.70. The van der Waals surface area contributed by atoms with E-state index in [1.807, 2.05) is 0 Å². The number of hydrogen-bond acceptors (Lipinski definition) is 2. The molecule has 1 fully saturated rings. The maximum Gasteiger partial charge on any atom is 0.0242 e. The van der Waals surface area contributed by atoms with Crippen LogP contribution in [0.4, 0.5) is 0 Å². The third kappa shape index (κ3) is 3.96. The second-order valence-corrected chi connectivity index (χ2v) is 6.95. The van der Waals surface area contributed by atoms with Crippen molar-refractivity contribution in [3.8, 4) is 0 Å². The Balaban J connectivity index is 2.52. The predicted octanol–water partition coefficient (Wildman–Crippen LogP) is 3.52. The minimum atomic E-state index is 0.491. The Morgan fingerprint density at radius 1 is 1.22 bits per heavy atom. The summed E-state index contributed by atoms with van der Waals surface area (Å²) in [6.45, 7) is 10.6. The second-order valence-electron chi connectivity index (χ2n) is 6.95. The summed E-state index contributed by atoms with van der Waals surface area (Å²) < 4.78 is 0. The van der Waals surface area contributed by atoms with Crippen LogP contribution >= 0.6 is 0 Å². The number of rotatable bonds is 7. The molecule has 2 heteroatoms. The highest BCUT2D eigenvalue weighted by Crippen LogP contribution is 2.37. The van der Waals surface area contributed by atoms with Gasteiger partial charge in [0, 0.05) is 18.6 Å². The Bertz CT molecular complexity index is 231. The maximum atomic E-state index is 3.86. The summed E-state index contributed by atoms with van der Waals surface area (Å²) in [4.78, 5) is 2.41. The van der Waals surface area contributed by atoms with Gasteiger partial charge in [-0.2, -0.15) is 0 Å². The van der Waals surface area contributed by atoms with Crippen LogP contribution in [0.15, 0.2) is 0 Å². The zero-order valence-corrected chi connectivity index (χ0v) is 13.4. The van der Waals surface area contributed by atoms with E-state index in [2.05, 4.69) is 52.0 Å². The zero-order chi connectivity index (χ0) is 13.8. The van der Waals surface area contributed by atoms with Crippen LogP contribution in [-0.4, -0.2) is 37.6 Å². The van der Waals surface area contributed by atoms with Crippen molar-refractivity contribution < 1.29 is 0 Å². The largest absolute Gasteiger partial charge is 0.312 e. The van der Waals surface area contributed by atoms with Gasteiger partial charge in [-0.15, -0.1) is 0 Å². The highest BCUT2D eigenvalue weighted by molar-refractivity contribution is 4.91. The topological polar surface area (TPSA) is 15.3 Å². The molecule has 1 aliphatic carbocycles. The zero-order valence-electron chi connectivity index (χ0n) is 13.4. The average molecular weight is 254 g/mol. The Morgan fingerprint density at radius 3 is 2.22 bits per heavy atom. The lowest BCUT2D eigenvalue weighted by Crippen LogP contribution is -2.48. The molecule has 0 amide bonds. The van der Waals surface area contributed by atoms with Crippen molar-refractivity contribution in [2.24, 2.45) is 11.3 Å². The molecule has 2 unspecified atom stereocenters. The molecular formula is C16H34N2. The van der Waals surface area contributed by atoms with Gasteiger partial charge < -0.3 is 10.2 Å². The van der Waals surface area contributed by atoms with Gasteiger partial charge in [-0.3, -0.25) is 0 Å². The molecule has 0 aliphatic heterocycles. The molecule has 0 radical (unpaired) electrons. The smallest absolute Gasteiger partial charge is 0.0242 e. The summed E-state index contributed by atoms with van der Waals surface area (Å²) in [5.41, 5.74) is 0.491. The van der Waals surface area contributed by atoms with Crippen LogP contribution in [0.3, 0.4) is 0 Å². The first-order valence-electron chi connectivity index (χ1n) is 7.82. The van der Waals surface area contributed by atoms with Gasteiger partial charge in [0.25, 0.3) is 0 Å². The molecule has 108 valence electrons. The fraction of sp³-hybridized carbons (Fsp3) is 1.00. The monoisotopic (exact) mass is 254 g/mol. The normalized spacial score (nSPS) is 25.0. The van der Waals surface area contributed by atoms with E-state index >= 15 is 0 Å². The van der Waals surface area contributed by atoms with Crippen molar-refractivity contribution in [3.05, 3.63) is 0 Å². The van der Waals surface area contributed by atoms with Gasteiger partial charge in [0.05, 0.1) is 0 Å². The van der Waals surface area contributed by atoms with Crippen LogP contribution in [-0.2, 0) is 0 Å². The van der Waals surface area contributed by atoms with E-state index in [4.69, 9.17) is 0 Å². The second kappa shape index (κ2) is 6.91. The summed E-state index contributed by atoms with van der Waals surface area (Å²) in [6, 6.07) is 1.39. The van der Waals surface area contributed by atoms with E-state index in [9.17, 15) is 0 Å². The van der Waals surface area contributed by atoms with Gasteiger partial charge in [0.15, 0.2) is 0 Å². The summed E-state index contributed by atoms with van der Waals surface area (Å²) >= 11 is 0. The lowest BCUT2D eigenvalue weighted by atomic mass is 9.86. The van der Waals surface area contributed by atoms with Gasteiger partial charge >= 0.3 is 0 Å². The minimum absolute atomic E-state index is 0.491. The molecule has 1 saturated carbocycles. The van der Waals surface area contributed by atoms with E-state index in [-0.39, 0.29) is 0 Å². The molecule has 0 bridgehead atoms. The molecule has 2 atom stereocenters. The molecule has 0 aromatic rings. The fourth-order valence-electron chi connectivity index (χ4n) is 3.57. The highest BCUT2D eigenvalue weighted by Gasteiger charge is 2.34. The minimum Gasteiger partial charge on any atom is -0.312 e. The van der Waals surface area contributed by atoms with Gasteiger partial charge in [0.2, 0.25) is 0 Å². The molecule has 1 rings (SSSR count). The van der Waals surface area contributed by atoms with Gasteiger partial charge in [-0.05, 0) is 38.3 Å². The van der Waals surface area contributed by atoms with Crippen LogP contribution in [0, 0.1) is 11.3 Å². The molecule has 0 saturated heterocycles. The third-order valence-electron chi connectivity index (χ3n) is 5.09. The van der Waals surface area contributed by atoms with E-state index < -0.39 is 0 Å². The summed E-state index contributed by atoms with van der Waals surface area (Å²) in [5, 5.41) is 3.86. The number of nitrogens with one attached hydrogen (secondary N) is 1. The molecule has 0 aromatic carbocycles. The molecule has 1 N–H and O–H groups in total. The van der Waals surface area contributed by atoms with Crippen molar-refractivity contribution in [2.75, 3.05) is 20.6 Å². The van der Waals surface area contributed by atoms with Crippen LogP contribution in [0.2, 0.25) is 0 Å². The fourth-order valence-corrected chi connectivity index (χ4v) is 3.57. The van der Waals surface area contributed by atoms with Crippen LogP contribution in [0.5, 0.6) is 0 Å². The Kier molecular flexibility index (Phi) is 6.13. The Morgan fingerprint density at radius 2 is 1.83 bits per heavy atom. The van der Waals surface area contributed by atoms with E-state index in [1.54, 1.807) is 0 Å². The number of hydrogen-bond donors (Lipinski definition) is 1. The predicted molar refractivity (Wildman–Crippen MR) is 81.0 cm³/mol. The lowest BCUT2D eigenvalue weighted by Gasteiger charge is -2.35. The van der Waals surface area contributed by atoms with Gasteiger partial charge in [-0.25, -0.2) is 0 Å². The molecule has 0 spiro atoms. The van der Waals surface area contributed by atoms with Gasteiger partial charge in [-0.1, -0.05) is 47.0 Å². The number of likely N-dealkylation sites (N-methyl/N-ethyl adjacent to an activating group) is 1. The van der Waals surface area contributed by atoms with Crippen LogP contribution in [0.1, 0.15) is 59.8 Å². The maximum absolute atomic E-state index is 3.86. The Hall–Kier alpha value is -0.0800. The average Bonchev–Trinajstić information content (AvgIpc) is 2.63. The third-order valence-corrected chi connectivity index (χ3v) is 5.09. The standard InChI is InChI=1S/C16H34N2/c1-7-13(8-2)14(18(5)6)12-17-15-10-9-11-16(15,3)4/h13-15,17H,7-12H2,1-6H3. The van der Waals surface area contributed by atoms with Crippen molar-refractivity contribution in [2.45, 2.75) is 71.9 Å². The summed E-state index contributed by atoms with van der Waals surface area (Å²) in [7, 11) is 4.45. The first-order chi connectivity index (χ1) is 8.42. The lowest BCUT2D eigenvalue weighted by molar-refractivity contribution is 0.175. The van der Waals surface area contributed by atoms with Crippen LogP contribution in [0.25, 0.3) is 0 Å². The van der Waals surface area contributed by atoms with Crippen molar-refractivity contribution in [3.63, 3.8) is 0 Å². The van der Waals surface area contributed by atoms with Crippen LogP contribution < -0.4 is 5.32 Å². The number of nitrogens with zero attached hydrogens (tertiary/aromatic N) is 1. The van der Waals surface area contributed by atoms with Crippen molar-refractivity contribution in [1.29, 1.82) is 0 Å². The highest BCUT2D eigenvalue weighted by atomic mass is 15.1. The molecular weight excluding hydrogens is 220 g/mol. The molecule has 18 heavy (non-hydrogen) atoms. The molecule has 0 aromatic heterocycles. The molecule has 0 heterocycles. The van der Waals surface area contributed by atoms with E-state index in [0.717, 1.165) is 12.5 Å². The van der Waals surface area contributed by atoms with E-state index in [1.165, 1.54) is 32.1 Å². The first kappa shape index (κ1) is 16.0. The molecule has 1 aliphatic rings. The van der Waals surface area contributed by atoms with Crippen molar-refractivity contribution in [1.82, 2.24) is 10.2 Å². The SMILES string of the molecule is CCC(CC)C(CNC1CCCC1(C)C)N(C)C. The molecule has 2 nitrogen and oxygen atoms in total. The van der Waals surface area contributed by atoms with E-state index in [0.29, 0.717) is 17.5 Å². The first-order valence-corrected chi connectivity index (χ1v) is 7.82.